The summed E-state index contributed by atoms with van der Waals surface area (Å²) in [7, 11) is 0. The molecule has 0 bridgehead atoms. The number of carbonyl (C=O) groups excluding carboxylic acids is 2. The van der Waals surface area contributed by atoms with Crippen molar-refractivity contribution in [3.8, 4) is 5.75 Å². The number of nitrogens with one attached hydrogen (secondary N) is 1. The van der Waals surface area contributed by atoms with Gasteiger partial charge in [0.1, 0.15) is 5.76 Å². The van der Waals surface area contributed by atoms with E-state index in [0.29, 0.717) is 17.3 Å². The predicted octanol–water partition coefficient (Wildman–Crippen LogP) is 1.88. The van der Waals surface area contributed by atoms with Crippen molar-refractivity contribution in [2.45, 2.75) is 39.0 Å². The molecule has 1 atom stereocenters. The highest BCUT2D eigenvalue weighted by Crippen LogP contribution is 2.37. The predicted molar refractivity (Wildman–Crippen MR) is 86.4 cm³/mol. The number of rotatable bonds is 4. The maximum atomic E-state index is 12.9. The van der Waals surface area contributed by atoms with Crippen LogP contribution in [0.25, 0.3) is 0 Å². The van der Waals surface area contributed by atoms with Gasteiger partial charge in [-0.15, -0.1) is 0 Å². The fourth-order valence-electron chi connectivity index (χ4n) is 2.60. The fourth-order valence-corrected chi connectivity index (χ4v) is 2.60. The lowest BCUT2D eigenvalue weighted by Gasteiger charge is -2.40. The minimum absolute atomic E-state index is 0.160. The van der Waals surface area contributed by atoms with Gasteiger partial charge >= 0.3 is 0 Å². The molecule has 2 aromatic heterocycles. The van der Waals surface area contributed by atoms with E-state index in [-0.39, 0.29) is 12.6 Å². The van der Waals surface area contributed by atoms with Crippen molar-refractivity contribution in [3.05, 3.63) is 42.5 Å². The SMILES string of the molecule is CC(C)N1C(=O)[C@@](C)(C(=O)NCc2ccco2)Oc2cccnc21. The van der Waals surface area contributed by atoms with Crippen LogP contribution in [0.1, 0.15) is 26.5 Å². The minimum Gasteiger partial charge on any atom is -0.467 e. The molecule has 126 valence electrons. The van der Waals surface area contributed by atoms with Gasteiger partial charge in [0, 0.05) is 12.2 Å². The Hall–Kier alpha value is -2.83. The molecule has 0 aromatic carbocycles. The van der Waals surface area contributed by atoms with Gasteiger partial charge in [0.05, 0.1) is 12.8 Å². The Balaban J connectivity index is 1.89. The number of aromatic nitrogens is 1. The highest BCUT2D eigenvalue weighted by molar-refractivity contribution is 6.16. The summed E-state index contributed by atoms with van der Waals surface area (Å²) in [6.07, 6.45) is 3.11. The minimum atomic E-state index is -1.66. The van der Waals surface area contributed by atoms with Crippen LogP contribution in [-0.4, -0.2) is 28.4 Å². The molecule has 0 saturated heterocycles. The van der Waals surface area contributed by atoms with Crippen molar-refractivity contribution in [2.24, 2.45) is 0 Å². The third kappa shape index (κ3) is 2.62. The molecule has 1 aliphatic rings. The average Bonchev–Trinajstić information content (AvgIpc) is 3.06. The van der Waals surface area contributed by atoms with Gasteiger partial charge in [-0.1, -0.05) is 0 Å². The first-order valence-electron chi connectivity index (χ1n) is 7.72. The van der Waals surface area contributed by atoms with Gasteiger partial charge in [-0.3, -0.25) is 14.5 Å². The lowest BCUT2D eigenvalue weighted by atomic mass is 10.00. The van der Waals surface area contributed by atoms with Crippen LogP contribution >= 0.6 is 0 Å². The first kappa shape index (κ1) is 16.0. The normalized spacial score (nSPS) is 19.8. The molecule has 24 heavy (non-hydrogen) atoms. The number of hydrogen-bond acceptors (Lipinski definition) is 5. The smallest absolute Gasteiger partial charge is 0.282 e. The molecular weight excluding hydrogens is 310 g/mol. The van der Waals surface area contributed by atoms with E-state index in [1.165, 1.54) is 18.1 Å². The van der Waals surface area contributed by atoms with Crippen LogP contribution in [-0.2, 0) is 16.1 Å². The van der Waals surface area contributed by atoms with Gasteiger partial charge in [0.2, 0.25) is 0 Å². The number of ether oxygens (including phenoxy) is 1. The number of hydrogen-bond donors (Lipinski definition) is 1. The summed E-state index contributed by atoms with van der Waals surface area (Å²) < 4.78 is 10.9. The van der Waals surface area contributed by atoms with Gasteiger partial charge in [0.25, 0.3) is 17.4 Å². The molecule has 3 heterocycles. The Labute approximate surface area is 139 Å². The number of fused-ring (bicyclic) bond motifs is 1. The van der Waals surface area contributed by atoms with Gasteiger partial charge in [-0.2, -0.15) is 0 Å². The zero-order valence-electron chi connectivity index (χ0n) is 13.8. The maximum absolute atomic E-state index is 12.9. The fraction of sp³-hybridized carbons (Fsp3) is 0.353. The number of nitrogens with zero attached hydrogens (tertiary/aromatic N) is 2. The first-order chi connectivity index (χ1) is 11.4. The molecule has 0 saturated carbocycles. The number of furan rings is 1. The molecule has 2 amide bonds. The molecule has 0 aliphatic carbocycles. The Morgan fingerprint density at radius 2 is 2.17 bits per heavy atom. The van der Waals surface area contributed by atoms with Crippen molar-refractivity contribution in [3.63, 3.8) is 0 Å². The van der Waals surface area contributed by atoms with Crippen molar-refractivity contribution in [2.75, 3.05) is 4.90 Å². The summed E-state index contributed by atoms with van der Waals surface area (Å²) in [6.45, 7) is 5.38. The summed E-state index contributed by atoms with van der Waals surface area (Å²) in [5.74, 6) is 0.456. The molecule has 3 rings (SSSR count). The summed E-state index contributed by atoms with van der Waals surface area (Å²) >= 11 is 0. The molecule has 7 heteroatoms. The average molecular weight is 329 g/mol. The first-order valence-corrected chi connectivity index (χ1v) is 7.72. The van der Waals surface area contributed by atoms with Crippen LogP contribution in [0.15, 0.2) is 41.1 Å². The second kappa shape index (κ2) is 5.99. The van der Waals surface area contributed by atoms with E-state index in [1.807, 2.05) is 13.8 Å². The van der Waals surface area contributed by atoms with Crippen LogP contribution < -0.4 is 15.0 Å². The topological polar surface area (TPSA) is 84.7 Å². The Kier molecular flexibility index (Phi) is 4.01. The number of carbonyl (C=O) groups is 2. The molecule has 0 radical (unpaired) electrons. The highest BCUT2D eigenvalue weighted by atomic mass is 16.5. The highest BCUT2D eigenvalue weighted by Gasteiger charge is 2.51. The summed E-state index contributed by atoms with van der Waals surface area (Å²) in [5, 5.41) is 2.69. The Morgan fingerprint density at radius 3 is 2.83 bits per heavy atom. The van der Waals surface area contributed by atoms with Crippen LogP contribution in [0, 0.1) is 0 Å². The van der Waals surface area contributed by atoms with Crippen molar-refractivity contribution < 1.29 is 18.7 Å². The summed E-state index contributed by atoms with van der Waals surface area (Å²) in [4.78, 5) is 31.3. The van der Waals surface area contributed by atoms with Crippen molar-refractivity contribution >= 4 is 17.6 Å². The molecule has 1 aliphatic heterocycles. The van der Waals surface area contributed by atoms with E-state index in [9.17, 15) is 9.59 Å². The summed E-state index contributed by atoms with van der Waals surface area (Å²) in [5.41, 5.74) is -1.66. The zero-order chi connectivity index (χ0) is 17.3. The largest absolute Gasteiger partial charge is 0.467 e. The molecule has 1 N–H and O–H groups in total. The van der Waals surface area contributed by atoms with E-state index in [0.717, 1.165) is 0 Å². The molecule has 7 nitrogen and oxygen atoms in total. The molecule has 0 unspecified atom stereocenters. The van der Waals surface area contributed by atoms with E-state index >= 15 is 0 Å². The quantitative estimate of drug-likeness (QED) is 0.866. The van der Waals surface area contributed by atoms with Crippen molar-refractivity contribution in [1.29, 1.82) is 0 Å². The monoisotopic (exact) mass is 329 g/mol. The standard InChI is InChI=1S/C17H19N3O4/c1-11(2)20-14-13(7-4-8-18-14)24-17(3,16(20)22)15(21)19-10-12-6-5-9-23-12/h4-9,11H,10H2,1-3H3,(H,19,21)/t17-/m1/s1. The number of amides is 2. The molecular formula is C17H19N3O4. The molecule has 0 fully saturated rings. The maximum Gasteiger partial charge on any atom is 0.282 e. The van der Waals surface area contributed by atoms with Crippen LogP contribution in [0.5, 0.6) is 5.75 Å². The number of anilines is 1. The molecule has 2 aromatic rings. The van der Waals surface area contributed by atoms with Gasteiger partial charge in [-0.25, -0.2) is 4.98 Å². The third-order valence-corrected chi connectivity index (χ3v) is 3.87. The van der Waals surface area contributed by atoms with Gasteiger partial charge in [-0.05, 0) is 45.0 Å². The van der Waals surface area contributed by atoms with E-state index in [2.05, 4.69) is 10.3 Å². The van der Waals surface area contributed by atoms with E-state index in [4.69, 9.17) is 9.15 Å². The number of pyridine rings is 1. The summed E-state index contributed by atoms with van der Waals surface area (Å²) in [6, 6.07) is 6.71. The van der Waals surface area contributed by atoms with Crippen LogP contribution in [0.4, 0.5) is 5.82 Å². The zero-order valence-corrected chi connectivity index (χ0v) is 13.8. The second-order valence-electron chi connectivity index (χ2n) is 5.99. The Morgan fingerprint density at radius 1 is 1.38 bits per heavy atom. The lowest BCUT2D eigenvalue weighted by Crippen LogP contribution is -2.63. The second-order valence-corrected chi connectivity index (χ2v) is 5.99. The van der Waals surface area contributed by atoms with Crippen molar-refractivity contribution in [1.82, 2.24) is 10.3 Å². The Bertz CT molecular complexity index is 757. The molecule has 0 spiro atoms. The van der Waals surface area contributed by atoms with Crippen LogP contribution in [0.2, 0.25) is 0 Å². The van der Waals surface area contributed by atoms with Gasteiger partial charge < -0.3 is 14.5 Å². The lowest BCUT2D eigenvalue weighted by molar-refractivity contribution is -0.148. The van der Waals surface area contributed by atoms with Gasteiger partial charge in [0.15, 0.2) is 11.6 Å². The van der Waals surface area contributed by atoms with Crippen LogP contribution in [0.3, 0.4) is 0 Å². The van der Waals surface area contributed by atoms with E-state index in [1.54, 1.807) is 30.5 Å². The third-order valence-electron chi connectivity index (χ3n) is 3.87. The van der Waals surface area contributed by atoms with E-state index < -0.39 is 17.4 Å².